The first-order valence-corrected chi connectivity index (χ1v) is 5.39. The molecule has 2 aromatic heterocycles. The smallest absolute Gasteiger partial charge is 0.423 e. The van der Waals surface area contributed by atoms with E-state index in [1.165, 1.54) is 6.07 Å². The van der Waals surface area contributed by atoms with Gasteiger partial charge in [-0.15, -0.1) is 0 Å². The Balaban J connectivity index is 2.24. The van der Waals surface area contributed by atoms with E-state index in [1.807, 2.05) is 0 Å². The molecule has 0 fully saturated rings. The van der Waals surface area contributed by atoms with Crippen LogP contribution in [0.25, 0.3) is 22.4 Å². The van der Waals surface area contributed by atoms with Crippen molar-refractivity contribution in [1.82, 2.24) is 10.1 Å². The van der Waals surface area contributed by atoms with Crippen LogP contribution in [0.4, 0.5) is 13.2 Å². The predicted octanol–water partition coefficient (Wildman–Crippen LogP) is 2.86. The van der Waals surface area contributed by atoms with Gasteiger partial charge in [-0.25, -0.2) is 4.79 Å². The fourth-order valence-electron chi connectivity index (χ4n) is 1.74. The molecule has 2 heterocycles. The van der Waals surface area contributed by atoms with Crippen molar-refractivity contribution in [3.8, 4) is 11.4 Å². The van der Waals surface area contributed by atoms with E-state index in [1.54, 1.807) is 18.2 Å². The fourth-order valence-corrected chi connectivity index (χ4v) is 1.74. The van der Waals surface area contributed by atoms with Gasteiger partial charge >= 0.3 is 17.7 Å². The maximum absolute atomic E-state index is 12.4. The summed E-state index contributed by atoms with van der Waals surface area (Å²) in [5.74, 6) is -1.79. The van der Waals surface area contributed by atoms with Gasteiger partial charge in [0.2, 0.25) is 5.82 Å². The highest BCUT2D eigenvalue weighted by Crippen LogP contribution is 2.31. The number of nitrogens with zero attached hydrogens (tertiary/aromatic N) is 2. The van der Waals surface area contributed by atoms with Gasteiger partial charge in [-0.1, -0.05) is 23.4 Å². The van der Waals surface area contributed by atoms with Gasteiger partial charge in [0.25, 0.3) is 0 Å². The number of alkyl halides is 3. The minimum Gasteiger partial charge on any atom is -0.423 e. The molecular formula is C12H5F3N2O3. The van der Waals surface area contributed by atoms with Crippen LogP contribution in [0.5, 0.6) is 0 Å². The Morgan fingerprint density at radius 1 is 1.15 bits per heavy atom. The van der Waals surface area contributed by atoms with E-state index in [0.29, 0.717) is 5.39 Å². The molecule has 0 atom stereocenters. The summed E-state index contributed by atoms with van der Waals surface area (Å²) in [6.07, 6.45) is -4.74. The molecule has 0 amide bonds. The van der Waals surface area contributed by atoms with Crippen LogP contribution in [0.15, 0.2) is 44.1 Å². The summed E-state index contributed by atoms with van der Waals surface area (Å²) < 4.78 is 46.4. The number of hydrogen-bond acceptors (Lipinski definition) is 5. The summed E-state index contributed by atoms with van der Waals surface area (Å²) in [5.41, 5.74) is -0.360. The van der Waals surface area contributed by atoms with Gasteiger partial charge in [-0.3, -0.25) is 0 Å². The number of halogens is 3. The van der Waals surface area contributed by atoms with Crippen LogP contribution in [0.2, 0.25) is 0 Å². The number of benzene rings is 1. The molecule has 0 aliphatic carbocycles. The second-order valence-electron chi connectivity index (χ2n) is 3.90. The van der Waals surface area contributed by atoms with Gasteiger partial charge in [0.1, 0.15) is 5.58 Å². The Morgan fingerprint density at radius 3 is 2.60 bits per heavy atom. The summed E-state index contributed by atoms with van der Waals surface area (Å²) in [6.45, 7) is 0. The zero-order chi connectivity index (χ0) is 14.3. The lowest BCUT2D eigenvalue weighted by molar-refractivity contribution is -0.159. The van der Waals surface area contributed by atoms with E-state index in [4.69, 9.17) is 4.42 Å². The van der Waals surface area contributed by atoms with E-state index in [-0.39, 0.29) is 17.0 Å². The summed E-state index contributed by atoms with van der Waals surface area (Å²) in [4.78, 5) is 14.7. The third kappa shape index (κ3) is 2.04. The highest BCUT2D eigenvalue weighted by molar-refractivity contribution is 5.90. The molecule has 0 radical (unpaired) electrons. The summed E-state index contributed by atoms with van der Waals surface area (Å²) in [6, 6.07) is 7.40. The van der Waals surface area contributed by atoms with Gasteiger partial charge in [0.05, 0.1) is 0 Å². The Bertz CT molecular complexity index is 836. The maximum Gasteiger partial charge on any atom is 0.471 e. The van der Waals surface area contributed by atoms with Crippen molar-refractivity contribution in [3.63, 3.8) is 0 Å². The number of aromatic nitrogens is 2. The molecule has 3 aromatic rings. The molecule has 0 saturated carbocycles. The predicted molar refractivity (Wildman–Crippen MR) is 60.8 cm³/mol. The van der Waals surface area contributed by atoms with E-state index in [0.717, 1.165) is 6.07 Å². The molecular weight excluding hydrogens is 277 g/mol. The normalized spacial score (nSPS) is 11.9. The minimum atomic E-state index is -4.74. The minimum absolute atomic E-state index is 0.121. The lowest BCUT2D eigenvalue weighted by Crippen LogP contribution is -2.05. The lowest BCUT2D eigenvalue weighted by atomic mass is 10.1. The Kier molecular flexibility index (Phi) is 2.60. The summed E-state index contributed by atoms with van der Waals surface area (Å²) in [5, 5.41) is 3.68. The largest absolute Gasteiger partial charge is 0.471 e. The Hall–Kier alpha value is -2.64. The zero-order valence-electron chi connectivity index (χ0n) is 9.64. The highest BCUT2D eigenvalue weighted by Gasteiger charge is 2.38. The third-order valence-electron chi connectivity index (χ3n) is 2.56. The molecule has 0 aliphatic heterocycles. The molecule has 1 aromatic carbocycles. The molecule has 20 heavy (non-hydrogen) atoms. The third-order valence-corrected chi connectivity index (χ3v) is 2.56. The van der Waals surface area contributed by atoms with Gasteiger partial charge < -0.3 is 8.94 Å². The maximum atomic E-state index is 12.4. The van der Waals surface area contributed by atoms with Crippen molar-refractivity contribution >= 4 is 11.0 Å². The quantitative estimate of drug-likeness (QED) is 0.642. The molecule has 0 saturated heterocycles. The van der Waals surface area contributed by atoms with E-state index < -0.39 is 17.7 Å². The summed E-state index contributed by atoms with van der Waals surface area (Å²) in [7, 11) is 0. The average molecular weight is 282 g/mol. The first kappa shape index (κ1) is 12.4. The second kappa shape index (κ2) is 4.19. The monoisotopic (exact) mass is 282 g/mol. The molecule has 102 valence electrons. The van der Waals surface area contributed by atoms with Crippen molar-refractivity contribution in [2.45, 2.75) is 6.18 Å². The van der Waals surface area contributed by atoms with Crippen LogP contribution >= 0.6 is 0 Å². The molecule has 0 N–H and O–H groups in total. The molecule has 3 rings (SSSR count). The molecule has 0 unspecified atom stereocenters. The number of para-hydroxylation sites is 1. The zero-order valence-corrected chi connectivity index (χ0v) is 9.64. The van der Waals surface area contributed by atoms with E-state index in [9.17, 15) is 18.0 Å². The van der Waals surface area contributed by atoms with Gasteiger partial charge in [-0.2, -0.15) is 18.2 Å². The van der Waals surface area contributed by atoms with Crippen molar-refractivity contribution in [3.05, 3.63) is 46.6 Å². The van der Waals surface area contributed by atoms with Gasteiger partial charge in [0.15, 0.2) is 0 Å². The Morgan fingerprint density at radius 2 is 1.90 bits per heavy atom. The van der Waals surface area contributed by atoms with Crippen molar-refractivity contribution < 1.29 is 22.1 Å². The molecule has 0 spiro atoms. The van der Waals surface area contributed by atoms with Crippen molar-refractivity contribution in [1.29, 1.82) is 0 Å². The van der Waals surface area contributed by atoms with Crippen LogP contribution in [0, 0.1) is 0 Å². The number of rotatable bonds is 1. The molecule has 8 heteroatoms. The van der Waals surface area contributed by atoms with Crippen LogP contribution in [0.3, 0.4) is 0 Å². The standard InChI is InChI=1S/C12H5F3N2O3/c13-12(14,15)11-16-10(17-20-11)7-5-9(18)19-8-4-2-1-3-6(7)8/h1-5H. The average Bonchev–Trinajstić information content (AvgIpc) is 2.87. The first-order chi connectivity index (χ1) is 9.45. The SMILES string of the molecule is O=c1cc(-c2noc(C(F)(F)F)n2)c2ccccc2o1. The van der Waals surface area contributed by atoms with Crippen LogP contribution < -0.4 is 5.63 Å². The van der Waals surface area contributed by atoms with E-state index >= 15 is 0 Å². The Labute approximate surface area is 108 Å². The van der Waals surface area contributed by atoms with Crippen LogP contribution in [0.1, 0.15) is 5.89 Å². The second-order valence-corrected chi connectivity index (χ2v) is 3.90. The topological polar surface area (TPSA) is 69.1 Å². The molecule has 0 bridgehead atoms. The fraction of sp³-hybridized carbons (Fsp3) is 0.0833. The van der Waals surface area contributed by atoms with Gasteiger partial charge in [0, 0.05) is 17.0 Å². The van der Waals surface area contributed by atoms with E-state index in [2.05, 4.69) is 14.7 Å². The van der Waals surface area contributed by atoms with Crippen molar-refractivity contribution in [2.24, 2.45) is 0 Å². The van der Waals surface area contributed by atoms with Crippen LogP contribution in [-0.2, 0) is 6.18 Å². The van der Waals surface area contributed by atoms with Gasteiger partial charge in [-0.05, 0) is 6.07 Å². The number of fused-ring (bicyclic) bond motifs is 1. The molecule has 0 aliphatic rings. The summed E-state index contributed by atoms with van der Waals surface area (Å²) >= 11 is 0. The lowest BCUT2D eigenvalue weighted by Gasteiger charge is -2.00. The number of hydrogen-bond donors (Lipinski definition) is 0. The highest BCUT2D eigenvalue weighted by atomic mass is 19.4. The van der Waals surface area contributed by atoms with Crippen molar-refractivity contribution in [2.75, 3.05) is 0 Å². The van der Waals surface area contributed by atoms with Crippen LogP contribution in [-0.4, -0.2) is 10.1 Å². The molecule has 5 nitrogen and oxygen atoms in total. The first-order valence-electron chi connectivity index (χ1n) is 5.39.